The van der Waals surface area contributed by atoms with Crippen molar-refractivity contribution in [3.05, 3.63) is 53.1 Å². The Morgan fingerprint density at radius 1 is 1.18 bits per heavy atom. The van der Waals surface area contributed by atoms with E-state index in [1.165, 1.54) is 0 Å². The van der Waals surface area contributed by atoms with Gasteiger partial charge in [-0.2, -0.15) is 0 Å². The van der Waals surface area contributed by atoms with Crippen LogP contribution in [-0.4, -0.2) is 26.1 Å². The molecule has 0 heterocycles. The van der Waals surface area contributed by atoms with Gasteiger partial charge >= 0.3 is 0 Å². The Balaban J connectivity index is 0.00000280. The van der Waals surface area contributed by atoms with E-state index in [1.807, 2.05) is 43.4 Å². The van der Waals surface area contributed by atoms with Crippen LogP contribution < -0.4 is 15.8 Å². The zero-order valence-electron chi connectivity index (χ0n) is 16.3. The van der Waals surface area contributed by atoms with Crippen LogP contribution in [0.25, 0.3) is 11.1 Å². The molecule has 0 atom stereocenters. The van der Waals surface area contributed by atoms with Crippen molar-refractivity contribution >= 4 is 29.9 Å². The summed E-state index contributed by atoms with van der Waals surface area (Å²) in [6.45, 7) is 0. The Bertz CT molecular complexity index is 801. The molecule has 6 heteroatoms. The van der Waals surface area contributed by atoms with Crippen LogP contribution in [0.15, 0.2) is 42.5 Å². The number of hydrogen-bond donors (Lipinski definition) is 2. The quantitative estimate of drug-likeness (QED) is 0.713. The minimum atomic E-state index is -0.515. The average Bonchev–Trinajstić information content (AvgIpc) is 2.69. The second kappa shape index (κ2) is 9.64. The number of benzene rings is 2. The summed E-state index contributed by atoms with van der Waals surface area (Å²) in [6.07, 6.45) is 4.10. The third kappa shape index (κ3) is 4.80. The Hall–Kier alpha value is -1.75. The van der Waals surface area contributed by atoms with Gasteiger partial charge in [0.15, 0.2) is 0 Å². The molecule has 0 spiro atoms. The lowest BCUT2D eigenvalue weighted by Crippen LogP contribution is -2.45. The maximum Gasteiger partial charge on any atom is 0.223 e. The number of carbonyl (C=O) groups excluding carboxylic acids is 1. The highest BCUT2D eigenvalue weighted by atomic mass is 35.5. The minimum Gasteiger partial charge on any atom is -0.496 e. The van der Waals surface area contributed by atoms with Gasteiger partial charge in [-0.3, -0.25) is 4.79 Å². The Labute approximate surface area is 178 Å². The van der Waals surface area contributed by atoms with E-state index in [4.69, 9.17) is 22.1 Å². The fourth-order valence-electron chi connectivity index (χ4n) is 4.07. The molecule has 3 rings (SSSR count). The number of amides is 1. The van der Waals surface area contributed by atoms with Crippen LogP contribution in [0.5, 0.6) is 5.75 Å². The Morgan fingerprint density at radius 3 is 2.32 bits per heavy atom. The van der Waals surface area contributed by atoms with Crippen LogP contribution in [0.4, 0.5) is 0 Å². The molecule has 1 amide bonds. The smallest absolute Gasteiger partial charge is 0.223 e. The number of halogens is 2. The topological polar surface area (TPSA) is 64.3 Å². The number of methoxy groups -OCH3 is 1. The third-order valence-corrected chi connectivity index (χ3v) is 6.11. The molecule has 28 heavy (non-hydrogen) atoms. The maximum absolute atomic E-state index is 12.4. The van der Waals surface area contributed by atoms with Gasteiger partial charge in [-0.1, -0.05) is 29.8 Å². The number of rotatable bonds is 6. The molecule has 0 aliphatic heterocycles. The normalized spacial score (nSPS) is 21.6. The monoisotopic (exact) mass is 422 g/mol. The van der Waals surface area contributed by atoms with Gasteiger partial charge in [0.05, 0.1) is 12.5 Å². The van der Waals surface area contributed by atoms with E-state index in [0.717, 1.165) is 48.1 Å². The molecule has 0 saturated heterocycles. The number of primary amides is 1. The largest absolute Gasteiger partial charge is 0.496 e. The molecular formula is C22H28Cl2N2O2. The summed E-state index contributed by atoms with van der Waals surface area (Å²) in [6, 6.07) is 14.3. The molecule has 0 bridgehead atoms. The predicted molar refractivity (Wildman–Crippen MR) is 117 cm³/mol. The highest BCUT2D eigenvalue weighted by molar-refractivity contribution is 6.30. The lowest BCUT2D eigenvalue weighted by atomic mass is 9.68. The van der Waals surface area contributed by atoms with Gasteiger partial charge in [-0.15, -0.1) is 12.4 Å². The summed E-state index contributed by atoms with van der Waals surface area (Å²) < 4.78 is 5.58. The van der Waals surface area contributed by atoms with Crippen molar-refractivity contribution in [2.75, 3.05) is 14.2 Å². The maximum atomic E-state index is 12.4. The van der Waals surface area contributed by atoms with E-state index in [2.05, 4.69) is 11.4 Å². The first-order chi connectivity index (χ1) is 13.0. The molecule has 1 aliphatic rings. The second-order valence-corrected chi connectivity index (χ2v) is 7.85. The number of ether oxygens (including phenoxy) is 1. The zero-order valence-corrected chi connectivity index (χ0v) is 17.9. The van der Waals surface area contributed by atoms with Crippen molar-refractivity contribution in [2.24, 2.45) is 11.1 Å². The highest BCUT2D eigenvalue weighted by Gasteiger charge is 2.40. The van der Waals surface area contributed by atoms with Crippen LogP contribution in [0, 0.1) is 5.41 Å². The molecule has 1 aliphatic carbocycles. The standard InChI is InChI=1S/C22H27ClN2O2.ClH/c1-25-19-9-11-22(12-10-19,21(24)26)14-17-13-16(5-8-20(17)27-2)15-3-6-18(23)7-4-15;/h3-8,13,19,25H,9-12,14H2,1-2H3,(H2,24,26);1H. The SMILES string of the molecule is CNC1CCC(Cc2cc(-c3ccc(Cl)cc3)ccc2OC)(C(N)=O)CC1.Cl. The molecule has 0 aromatic heterocycles. The van der Waals surface area contributed by atoms with Gasteiger partial charge in [-0.05, 0) is 80.1 Å². The molecule has 0 unspecified atom stereocenters. The van der Waals surface area contributed by atoms with Gasteiger partial charge in [0.1, 0.15) is 5.75 Å². The van der Waals surface area contributed by atoms with Crippen molar-refractivity contribution < 1.29 is 9.53 Å². The number of hydrogen-bond acceptors (Lipinski definition) is 3. The summed E-state index contributed by atoms with van der Waals surface area (Å²) in [4.78, 5) is 12.4. The zero-order chi connectivity index (χ0) is 19.4. The molecule has 2 aromatic carbocycles. The Kier molecular flexibility index (Phi) is 7.76. The highest BCUT2D eigenvalue weighted by Crippen LogP contribution is 2.41. The van der Waals surface area contributed by atoms with Gasteiger partial charge in [0, 0.05) is 11.1 Å². The average molecular weight is 423 g/mol. The fourth-order valence-corrected chi connectivity index (χ4v) is 4.20. The van der Waals surface area contributed by atoms with Crippen LogP contribution in [-0.2, 0) is 11.2 Å². The van der Waals surface area contributed by atoms with Crippen molar-refractivity contribution in [3.8, 4) is 16.9 Å². The van der Waals surface area contributed by atoms with E-state index in [-0.39, 0.29) is 18.3 Å². The van der Waals surface area contributed by atoms with Crippen LogP contribution >= 0.6 is 24.0 Å². The molecule has 4 nitrogen and oxygen atoms in total. The van der Waals surface area contributed by atoms with Crippen molar-refractivity contribution in [1.82, 2.24) is 5.32 Å². The van der Waals surface area contributed by atoms with E-state index >= 15 is 0 Å². The molecule has 1 fully saturated rings. The number of carbonyl (C=O) groups is 1. The third-order valence-electron chi connectivity index (χ3n) is 5.86. The second-order valence-electron chi connectivity index (χ2n) is 7.42. The molecular weight excluding hydrogens is 395 g/mol. The van der Waals surface area contributed by atoms with Crippen LogP contribution in [0.1, 0.15) is 31.2 Å². The van der Waals surface area contributed by atoms with Crippen LogP contribution in [0.2, 0.25) is 5.02 Å². The summed E-state index contributed by atoms with van der Waals surface area (Å²) in [5, 5.41) is 4.02. The van der Waals surface area contributed by atoms with Gasteiger partial charge in [-0.25, -0.2) is 0 Å². The molecule has 152 valence electrons. The van der Waals surface area contributed by atoms with Crippen molar-refractivity contribution in [2.45, 2.75) is 38.1 Å². The van der Waals surface area contributed by atoms with E-state index < -0.39 is 5.41 Å². The summed E-state index contributed by atoms with van der Waals surface area (Å²) in [5.74, 6) is 0.583. The first-order valence-electron chi connectivity index (χ1n) is 9.37. The van der Waals surface area contributed by atoms with E-state index in [1.54, 1.807) is 7.11 Å². The minimum absolute atomic E-state index is 0. The first kappa shape index (κ1) is 22.5. The fraction of sp³-hybridized carbons (Fsp3) is 0.409. The number of nitrogens with two attached hydrogens (primary N) is 1. The number of nitrogens with one attached hydrogen (secondary N) is 1. The van der Waals surface area contributed by atoms with Gasteiger partial charge < -0.3 is 15.8 Å². The molecule has 0 radical (unpaired) electrons. The van der Waals surface area contributed by atoms with E-state index in [0.29, 0.717) is 17.5 Å². The Morgan fingerprint density at radius 2 is 1.79 bits per heavy atom. The summed E-state index contributed by atoms with van der Waals surface area (Å²) >= 11 is 6.01. The lowest BCUT2D eigenvalue weighted by Gasteiger charge is -2.38. The van der Waals surface area contributed by atoms with Crippen molar-refractivity contribution in [1.29, 1.82) is 0 Å². The first-order valence-corrected chi connectivity index (χ1v) is 9.75. The van der Waals surface area contributed by atoms with Crippen LogP contribution in [0.3, 0.4) is 0 Å². The molecule has 2 aromatic rings. The summed E-state index contributed by atoms with van der Waals surface area (Å²) in [7, 11) is 3.64. The van der Waals surface area contributed by atoms with Gasteiger partial charge in [0.25, 0.3) is 0 Å². The molecule has 3 N–H and O–H groups in total. The van der Waals surface area contributed by atoms with Gasteiger partial charge in [0.2, 0.25) is 5.91 Å². The lowest BCUT2D eigenvalue weighted by molar-refractivity contribution is -0.129. The van der Waals surface area contributed by atoms with E-state index in [9.17, 15) is 4.79 Å². The van der Waals surface area contributed by atoms with Crippen molar-refractivity contribution in [3.63, 3.8) is 0 Å². The molecule has 1 saturated carbocycles. The predicted octanol–water partition coefficient (Wildman–Crippen LogP) is 4.61. The summed E-state index contributed by atoms with van der Waals surface area (Å²) in [5.41, 5.74) is 8.54.